The maximum Gasteiger partial charge on any atom is 0.265 e. The van der Waals surface area contributed by atoms with E-state index < -0.39 is 0 Å². The minimum absolute atomic E-state index is 0.133. The summed E-state index contributed by atoms with van der Waals surface area (Å²) in [5.41, 5.74) is 0.960. The van der Waals surface area contributed by atoms with Crippen LogP contribution in [-0.4, -0.2) is 35.7 Å². The first-order valence-electron chi connectivity index (χ1n) is 8.43. The SMILES string of the molecule is O=C(c1cnc(-c2ccc3c(c2)OCO3)s1)N1C[C@H]2CCC[C@H]2C1. The predicted molar refractivity (Wildman–Crippen MR) is 90.4 cm³/mol. The monoisotopic (exact) mass is 342 g/mol. The van der Waals surface area contributed by atoms with Gasteiger partial charge in [0, 0.05) is 18.7 Å². The van der Waals surface area contributed by atoms with Crippen LogP contribution in [0.3, 0.4) is 0 Å². The van der Waals surface area contributed by atoms with Crippen LogP contribution in [0.25, 0.3) is 10.6 Å². The smallest absolute Gasteiger partial charge is 0.265 e. The molecule has 1 aromatic carbocycles. The van der Waals surface area contributed by atoms with Crippen molar-refractivity contribution in [3.8, 4) is 22.1 Å². The van der Waals surface area contributed by atoms with Gasteiger partial charge in [0.2, 0.25) is 6.79 Å². The van der Waals surface area contributed by atoms with Gasteiger partial charge in [0.1, 0.15) is 9.88 Å². The molecule has 1 saturated heterocycles. The predicted octanol–water partition coefficient (Wildman–Crippen LogP) is 3.41. The molecular formula is C18H18N2O3S. The molecule has 24 heavy (non-hydrogen) atoms. The largest absolute Gasteiger partial charge is 0.454 e. The van der Waals surface area contributed by atoms with E-state index in [0.717, 1.165) is 51.9 Å². The van der Waals surface area contributed by atoms with Gasteiger partial charge in [-0.1, -0.05) is 6.42 Å². The third kappa shape index (κ3) is 2.28. The first kappa shape index (κ1) is 14.3. The molecular weight excluding hydrogens is 324 g/mol. The number of hydrogen-bond donors (Lipinski definition) is 0. The summed E-state index contributed by atoms with van der Waals surface area (Å²) >= 11 is 1.46. The molecule has 6 heteroatoms. The van der Waals surface area contributed by atoms with Crippen LogP contribution in [0.15, 0.2) is 24.4 Å². The standard InChI is InChI=1S/C18H18N2O3S/c21-18(20-8-12-2-1-3-13(12)9-20)16-7-19-17(24-16)11-4-5-14-15(6-11)23-10-22-14/h4-7,12-13H,1-3,8-10H2/t12-,13+. The minimum atomic E-state index is 0.133. The van der Waals surface area contributed by atoms with Crippen LogP contribution in [0.2, 0.25) is 0 Å². The number of thiazole rings is 1. The summed E-state index contributed by atoms with van der Waals surface area (Å²) in [6.45, 7) is 2.10. The van der Waals surface area contributed by atoms with Crippen LogP contribution < -0.4 is 9.47 Å². The van der Waals surface area contributed by atoms with Crippen LogP contribution in [0.5, 0.6) is 11.5 Å². The fourth-order valence-corrected chi connectivity index (χ4v) is 4.97. The van der Waals surface area contributed by atoms with Crippen LogP contribution in [0.1, 0.15) is 28.9 Å². The van der Waals surface area contributed by atoms with Gasteiger partial charge in [-0.15, -0.1) is 11.3 Å². The summed E-state index contributed by atoms with van der Waals surface area (Å²) in [5.74, 6) is 3.07. The Balaban J connectivity index is 1.36. The zero-order chi connectivity index (χ0) is 16.1. The van der Waals surface area contributed by atoms with Gasteiger partial charge in [-0.3, -0.25) is 4.79 Å². The second-order valence-corrected chi connectivity index (χ2v) is 7.79. The van der Waals surface area contributed by atoms with Crippen LogP contribution >= 0.6 is 11.3 Å². The van der Waals surface area contributed by atoms with Crippen LogP contribution in [0.4, 0.5) is 0 Å². The Labute approximate surface area is 144 Å². The van der Waals surface area contributed by atoms with Crippen molar-refractivity contribution in [2.24, 2.45) is 11.8 Å². The number of amides is 1. The average Bonchev–Trinajstić information content (AvgIpc) is 3.35. The highest BCUT2D eigenvalue weighted by molar-refractivity contribution is 7.16. The quantitative estimate of drug-likeness (QED) is 0.839. The van der Waals surface area contributed by atoms with Crippen molar-refractivity contribution < 1.29 is 14.3 Å². The van der Waals surface area contributed by atoms with E-state index in [9.17, 15) is 4.79 Å². The Hall–Kier alpha value is -2.08. The van der Waals surface area contributed by atoms with E-state index in [-0.39, 0.29) is 12.7 Å². The lowest BCUT2D eigenvalue weighted by molar-refractivity contribution is 0.0785. The number of benzene rings is 1. The van der Waals surface area contributed by atoms with E-state index in [1.165, 1.54) is 30.6 Å². The van der Waals surface area contributed by atoms with Gasteiger partial charge in [-0.2, -0.15) is 0 Å². The summed E-state index contributed by atoms with van der Waals surface area (Å²) in [6.07, 6.45) is 5.59. The maximum atomic E-state index is 12.8. The lowest BCUT2D eigenvalue weighted by Crippen LogP contribution is -2.28. The Morgan fingerprint density at radius 3 is 2.79 bits per heavy atom. The van der Waals surface area contributed by atoms with Gasteiger partial charge in [0.05, 0.1) is 6.20 Å². The zero-order valence-corrected chi connectivity index (χ0v) is 14.1. The number of likely N-dealkylation sites (tertiary alicyclic amines) is 1. The fraction of sp³-hybridized carbons (Fsp3) is 0.444. The lowest BCUT2D eigenvalue weighted by Gasteiger charge is -2.15. The van der Waals surface area contributed by atoms with Gasteiger partial charge >= 0.3 is 0 Å². The van der Waals surface area contributed by atoms with Crippen molar-refractivity contribution in [2.75, 3.05) is 19.9 Å². The second-order valence-electron chi connectivity index (χ2n) is 6.76. The average molecular weight is 342 g/mol. The molecule has 5 nitrogen and oxygen atoms in total. The summed E-state index contributed by atoms with van der Waals surface area (Å²) in [4.78, 5) is 20.0. The topological polar surface area (TPSA) is 51.7 Å². The Morgan fingerprint density at radius 2 is 1.96 bits per heavy atom. The van der Waals surface area contributed by atoms with Gasteiger partial charge < -0.3 is 14.4 Å². The normalized spacial score (nSPS) is 24.4. The molecule has 0 radical (unpaired) electrons. The van der Waals surface area contributed by atoms with Gasteiger partial charge in [-0.05, 0) is 42.9 Å². The third-order valence-corrected chi connectivity index (χ3v) is 6.38. The molecule has 2 fully saturated rings. The number of ether oxygens (including phenoxy) is 2. The second kappa shape index (κ2) is 5.48. The molecule has 3 aliphatic rings. The van der Waals surface area contributed by atoms with E-state index >= 15 is 0 Å². The van der Waals surface area contributed by atoms with Crippen LogP contribution in [-0.2, 0) is 0 Å². The minimum Gasteiger partial charge on any atom is -0.454 e. The molecule has 124 valence electrons. The molecule has 5 rings (SSSR count). The molecule has 0 bridgehead atoms. The number of fused-ring (bicyclic) bond motifs is 2. The highest BCUT2D eigenvalue weighted by Gasteiger charge is 2.38. The molecule has 2 aromatic rings. The summed E-state index contributed by atoms with van der Waals surface area (Å²) in [5, 5.41) is 0.844. The van der Waals surface area contributed by atoms with Gasteiger partial charge in [-0.25, -0.2) is 4.98 Å². The van der Waals surface area contributed by atoms with Gasteiger partial charge in [0.25, 0.3) is 5.91 Å². The molecule has 0 spiro atoms. The molecule has 1 amide bonds. The Morgan fingerprint density at radius 1 is 1.17 bits per heavy atom. The molecule has 1 aromatic heterocycles. The van der Waals surface area contributed by atoms with Crippen molar-refractivity contribution in [1.29, 1.82) is 0 Å². The first-order chi connectivity index (χ1) is 11.8. The van der Waals surface area contributed by atoms with Crippen molar-refractivity contribution in [3.63, 3.8) is 0 Å². The lowest BCUT2D eigenvalue weighted by atomic mass is 10.0. The highest BCUT2D eigenvalue weighted by Crippen LogP contribution is 2.40. The molecule has 0 unspecified atom stereocenters. The van der Waals surface area contributed by atoms with Crippen molar-refractivity contribution >= 4 is 17.2 Å². The maximum absolute atomic E-state index is 12.8. The fourth-order valence-electron chi connectivity index (χ4n) is 4.09. The van der Waals surface area contributed by atoms with E-state index in [1.54, 1.807) is 6.20 Å². The van der Waals surface area contributed by atoms with Crippen molar-refractivity contribution in [1.82, 2.24) is 9.88 Å². The molecule has 2 atom stereocenters. The molecule has 2 aliphatic heterocycles. The number of rotatable bonds is 2. The molecule has 1 saturated carbocycles. The van der Waals surface area contributed by atoms with Crippen molar-refractivity contribution in [2.45, 2.75) is 19.3 Å². The molecule has 0 N–H and O–H groups in total. The number of hydrogen-bond acceptors (Lipinski definition) is 5. The summed E-state index contributed by atoms with van der Waals surface area (Å²) in [6, 6.07) is 5.78. The van der Waals surface area contributed by atoms with Crippen molar-refractivity contribution in [3.05, 3.63) is 29.3 Å². The van der Waals surface area contributed by atoms with E-state index in [2.05, 4.69) is 4.98 Å². The highest BCUT2D eigenvalue weighted by atomic mass is 32.1. The van der Waals surface area contributed by atoms with Crippen LogP contribution in [0, 0.1) is 11.8 Å². The molecule has 3 heterocycles. The van der Waals surface area contributed by atoms with E-state index in [4.69, 9.17) is 9.47 Å². The molecule has 1 aliphatic carbocycles. The number of carbonyl (C=O) groups is 1. The first-order valence-corrected chi connectivity index (χ1v) is 9.25. The zero-order valence-electron chi connectivity index (χ0n) is 13.2. The third-order valence-electron chi connectivity index (χ3n) is 5.35. The summed E-state index contributed by atoms with van der Waals surface area (Å²) < 4.78 is 10.8. The van der Waals surface area contributed by atoms with Gasteiger partial charge in [0.15, 0.2) is 11.5 Å². The number of nitrogens with zero attached hydrogens (tertiary/aromatic N) is 2. The summed E-state index contributed by atoms with van der Waals surface area (Å²) in [7, 11) is 0. The Bertz CT molecular complexity index is 791. The number of carbonyl (C=O) groups excluding carboxylic acids is 1. The number of aromatic nitrogens is 1. The van der Waals surface area contributed by atoms with E-state index in [1.807, 2.05) is 23.1 Å². The van der Waals surface area contributed by atoms with E-state index in [0.29, 0.717) is 0 Å². The Kier molecular flexibility index (Phi) is 3.26.